The number of hydrogen-bond acceptors (Lipinski definition) is 4. The van der Waals surface area contributed by atoms with Crippen molar-refractivity contribution >= 4 is 16.9 Å². The third kappa shape index (κ3) is 6.45. The molecule has 0 aliphatic heterocycles. The van der Waals surface area contributed by atoms with Crippen LogP contribution in [0.3, 0.4) is 0 Å². The Balaban J connectivity index is 1.28. The van der Waals surface area contributed by atoms with Crippen molar-refractivity contribution in [3.8, 4) is 11.5 Å². The van der Waals surface area contributed by atoms with Crippen molar-refractivity contribution in [2.45, 2.75) is 46.1 Å². The summed E-state index contributed by atoms with van der Waals surface area (Å²) < 4.78 is 13.6. The molecule has 0 saturated heterocycles. The van der Waals surface area contributed by atoms with Crippen LogP contribution in [0.5, 0.6) is 11.5 Å². The Morgan fingerprint density at radius 3 is 2.69 bits per heavy atom. The van der Waals surface area contributed by atoms with Crippen molar-refractivity contribution in [1.82, 2.24) is 14.9 Å². The maximum Gasteiger partial charge on any atom is 0.251 e. The smallest absolute Gasteiger partial charge is 0.251 e. The Kier molecular flexibility index (Phi) is 8.61. The molecule has 0 aliphatic rings. The number of aryl methyl sites for hydroxylation is 3. The molecule has 188 valence electrons. The molecule has 4 aromatic rings. The number of amides is 1. The number of fused-ring (bicyclic) bond motifs is 1. The molecule has 0 fully saturated rings. The van der Waals surface area contributed by atoms with E-state index in [1.165, 1.54) is 5.56 Å². The lowest BCUT2D eigenvalue weighted by Crippen LogP contribution is -2.24. The Labute approximate surface area is 213 Å². The molecule has 1 amide bonds. The monoisotopic (exact) mass is 485 g/mol. The minimum Gasteiger partial charge on any atom is -0.497 e. The minimum atomic E-state index is -0.0699. The third-order valence-corrected chi connectivity index (χ3v) is 6.34. The Morgan fingerprint density at radius 2 is 1.83 bits per heavy atom. The number of aromatic nitrogens is 2. The van der Waals surface area contributed by atoms with Crippen LogP contribution in [0.4, 0.5) is 0 Å². The number of imidazole rings is 1. The molecule has 0 saturated carbocycles. The third-order valence-electron chi connectivity index (χ3n) is 6.34. The predicted octanol–water partition coefficient (Wildman–Crippen LogP) is 5.88. The van der Waals surface area contributed by atoms with Gasteiger partial charge in [-0.05, 0) is 74.2 Å². The van der Waals surface area contributed by atoms with Crippen LogP contribution in [-0.4, -0.2) is 35.7 Å². The highest BCUT2D eigenvalue weighted by atomic mass is 16.5. The topological polar surface area (TPSA) is 65.4 Å². The normalized spacial score (nSPS) is 11.0. The molecular weight excluding hydrogens is 450 g/mol. The molecule has 4 rings (SSSR count). The van der Waals surface area contributed by atoms with E-state index in [4.69, 9.17) is 14.5 Å². The number of nitrogens with zero attached hydrogens (tertiary/aromatic N) is 2. The minimum absolute atomic E-state index is 0.0699. The first-order chi connectivity index (χ1) is 17.5. The summed E-state index contributed by atoms with van der Waals surface area (Å²) >= 11 is 0. The maximum absolute atomic E-state index is 12.4. The quantitative estimate of drug-likeness (QED) is 0.254. The lowest BCUT2D eigenvalue weighted by Gasteiger charge is -2.13. The molecule has 0 radical (unpaired) electrons. The van der Waals surface area contributed by atoms with Crippen LogP contribution in [0.1, 0.15) is 46.6 Å². The van der Waals surface area contributed by atoms with Crippen molar-refractivity contribution < 1.29 is 14.3 Å². The summed E-state index contributed by atoms with van der Waals surface area (Å²) in [5, 5.41) is 3.00. The maximum atomic E-state index is 12.4. The number of ether oxygens (including phenoxy) is 2. The first-order valence-corrected chi connectivity index (χ1v) is 12.6. The van der Waals surface area contributed by atoms with E-state index in [0.29, 0.717) is 24.5 Å². The molecule has 0 unspecified atom stereocenters. The second kappa shape index (κ2) is 12.2. The van der Waals surface area contributed by atoms with Crippen molar-refractivity contribution in [1.29, 1.82) is 0 Å². The number of methoxy groups -OCH3 is 1. The van der Waals surface area contributed by atoms with Crippen LogP contribution >= 0.6 is 0 Å². The zero-order valence-electron chi connectivity index (χ0n) is 21.4. The first-order valence-electron chi connectivity index (χ1n) is 12.6. The van der Waals surface area contributed by atoms with Gasteiger partial charge >= 0.3 is 0 Å². The van der Waals surface area contributed by atoms with Crippen molar-refractivity contribution in [3.63, 3.8) is 0 Å². The first kappa shape index (κ1) is 25.3. The molecule has 0 bridgehead atoms. The van der Waals surface area contributed by atoms with Gasteiger partial charge in [0.2, 0.25) is 0 Å². The van der Waals surface area contributed by atoms with E-state index in [-0.39, 0.29) is 5.91 Å². The molecule has 36 heavy (non-hydrogen) atoms. The van der Waals surface area contributed by atoms with Gasteiger partial charge < -0.3 is 19.4 Å². The zero-order valence-corrected chi connectivity index (χ0v) is 21.4. The highest BCUT2D eigenvalue weighted by Crippen LogP contribution is 2.21. The fourth-order valence-corrected chi connectivity index (χ4v) is 4.33. The van der Waals surface area contributed by atoms with Gasteiger partial charge in [0, 0.05) is 18.5 Å². The van der Waals surface area contributed by atoms with Crippen LogP contribution in [0.25, 0.3) is 11.0 Å². The summed E-state index contributed by atoms with van der Waals surface area (Å²) in [7, 11) is 1.60. The summed E-state index contributed by atoms with van der Waals surface area (Å²) in [6.07, 6.45) is 3.84. The van der Waals surface area contributed by atoms with Crippen LogP contribution in [-0.2, 0) is 13.0 Å². The fraction of sp³-hybridized carbons (Fsp3) is 0.333. The largest absolute Gasteiger partial charge is 0.497 e. The molecule has 1 heterocycles. The fourth-order valence-electron chi connectivity index (χ4n) is 4.33. The Morgan fingerprint density at radius 1 is 0.972 bits per heavy atom. The highest BCUT2D eigenvalue weighted by molar-refractivity contribution is 5.94. The molecular formula is C30H35N3O3. The van der Waals surface area contributed by atoms with Crippen molar-refractivity contribution in [3.05, 3.63) is 89.2 Å². The second-order valence-electron chi connectivity index (χ2n) is 9.08. The number of carbonyl (C=O) groups is 1. The van der Waals surface area contributed by atoms with Crippen LogP contribution < -0.4 is 14.8 Å². The van der Waals surface area contributed by atoms with E-state index in [0.717, 1.165) is 60.4 Å². The van der Waals surface area contributed by atoms with E-state index in [1.54, 1.807) is 19.2 Å². The molecule has 0 spiro atoms. The average molecular weight is 486 g/mol. The van der Waals surface area contributed by atoms with Gasteiger partial charge in [-0.1, -0.05) is 36.8 Å². The molecule has 6 heteroatoms. The molecule has 1 aromatic heterocycles. The van der Waals surface area contributed by atoms with Gasteiger partial charge in [-0.25, -0.2) is 4.98 Å². The van der Waals surface area contributed by atoms with E-state index in [2.05, 4.69) is 60.1 Å². The van der Waals surface area contributed by atoms with Gasteiger partial charge in [-0.15, -0.1) is 0 Å². The predicted molar refractivity (Wildman–Crippen MR) is 144 cm³/mol. The van der Waals surface area contributed by atoms with Crippen LogP contribution in [0.2, 0.25) is 0 Å². The van der Waals surface area contributed by atoms with Gasteiger partial charge in [0.1, 0.15) is 23.9 Å². The van der Waals surface area contributed by atoms with Crippen molar-refractivity contribution in [2.24, 2.45) is 0 Å². The van der Waals surface area contributed by atoms with E-state index < -0.39 is 0 Å². The summed E-state index contributed by atoms with van der Waals surface area (Å²) in [6, 6.07) is 21.8. The van der Waals surface area contributed by atoms with E-state index >= 15 is 0 Å². The number of para-hydroxylation sites is 2. The number of nitrogens with one attached hydrogen (secondary N) is 1. The number of carbonyl (C=O) groups excluding carboxylic acids is 1. The lowest BCUT2D eigenvalue weighted by molar-refractivity contribution is 0.0952. The number of rotatable bonds is 12. The van der Waals surface area contributed by atoms with E-state index in [1.807, 2.05) is 18.2 Å². The van der Waals surface area contributed by atoms with Crippen molar-refractivity contribution in [2.75, 3.05) is 20.3 Å². The number of benzene rings is 3. The zero-order chi connectivity index (χ0) is 25.3. The van der Waals surface area contributed by atoms with Crippen LogP contribution in [0.15, 0.2) is 66.7 Å². The van der Waals surface area contributed by atoms with Gasteiger partial charge in [0.15, 0.2) is 0 Å². The SMILES string of the molecule is COc1cccc(C(=O)NCCCCCc2nc3ccccc3n2CCOc2cc(C)ccc2C)c1. The van der Waals surface area contributed by atoms with E-state index in [9.17, 15) is 4.79 Å². The Hall–Kier alpha value is -3.80. The summed E-state index contributed by atoms with van der Waals surface area (Å²) in [6.45, 7) is 6.15. The molecule has 1 N–H and O–H groups in total. The second-order valence-corrected chi connectivity index (χ2v) is 9.08. The van der Waals surface area contributed by atoms with Gasteiger partial charge in [0.05, 0.1) is 24.7 Å². The summed E-state index contributed by atoms with van der Waals surface area (Å²) in [4.78, 5) is 17.3. The number of hydrogen-bond donors (Lipinski definition) is 1. The van der Waals surface area contributed by atoms with Gasteiger partial charge in [0.25, 0.3) is 5.91 Å². The highest BCUT2D eigenvalue weighted by Gasteiger charge is 2.11. The molecule has 0 aliphatic carbocycles. The molecule has 3 aromatic carbocycles. The number of unbranched alkanes of at least 4 members (excludes halogenated alkanes) is 2. The average Bonchev–Trinajstić information content (AvgIpc) is 3.25. The molecule has 6 nitrogen and oxygen atoms in total. The lowest BCUT2D eigenvalue weighted by atomic mass is 10.1. The summed E-state index contributed by atoms with van der Waals surface area (Å²) in [5.74, 6) is 2.64. The van der Waals surface area contributed by atoms with Gasteiger partial charge in [-0.2, -0.15) is 0 Å². The summed E-state index contributed by atoms with van der Waals surface area (Å²) in [5.41, 5.74) is 5.12. The van der Waals surface area contributed by atoms with Crippen LogP contribution in [0, 0.1) is 13.8 Å². The van der Waals surface area contributed by atoms with Gasteiger partial charge in [-0.3, -0.25) is 4.79 Å². The molecule has 0 atom stereocenters. The Bertz CT molecular complexity index is 1310. The standard InChI is InChI=1S/C30H35N3O3/c1-22-15-16-23(2)28(20-22)36-19-18-33-27-13-7-6-12-26(27)32-29(33)14-5-4-8-17-31-30(34)24-10-9-11-25(21-24)35-3/h6-7,9-13,15-16,20-21H,4-5,8,14,17-19H2,1-3H3,(H,31,34).